The Kier molecular flexibility index (Phi) is 2.51. The van der Waals surface area contributed by atoms with E-state index in [9.17, 15) is 0 Å². The number of nitrogen functional groups attached to an aromatic ring is 1. The molecule has 1 aromatic rings. The highest BCUT2D eigenvalue weighted by Gasteiger charge is 2.02. The number of anilines is 1. The predicted molar refractivity (Wildman–Crippen MR) is 54.2 cm³/mol. The molecule has 3 heteroatoms. The number of nitrogens with two attached hydrogens (primary N) is 1. The number of benzene rings is 1. The van der Waals surface area contributed by atoms with Gasteiger partial charge in [-0.05, 0) is 18.2 Å². The van der Waals surface area contributed by atoms with E-state index in [2.05, 4.69) is 21.9 Å². The molecule has 0 aliphatic carbocycles. The van der Waals surface area contributed by atoms with Gasteiger partial charge in [0, 0.05) is 15.7 Å². The second-order valence-corrected chi connectivity index (χ2v) is 3.17. The van der Waals surface area contributed by atoms with Crippen molar-refractivity contribution in [2.24, 2.45) is 0 Å². The standard InChI is InChI=1S/C9H7BrN2/c1-2-8(11)7-5-6(10)3-4-9(7)12/h1,3-5,11H,12H2. The van der Waals surface area contributed by atoms with Crippen LogP contribution in [-0.4, -0.2) is 5.71 Å². The van der Waals surface area contributed by atoms with Crippen molar-refractivity contribution in [3.05, 3.63) is 28.2 Å². The third-order valence-electron chi connectivity index (χ3n) is 1.43. The molecule has 0 unspecified atom stereocenters. The van der Waals surface area contributed by atoms with Crippen LogP contribution in [0.5, 0.6) is 0 Å². The van der Waals surface area contributed by atoms with E-state index in [1.807, 2.05) is 6.07 Å². The Morgan fingerprint density at radius 3 is 2.83 bits per heavy atom. The number of halogens is 1. The first-order valence-corrected chi connectivity index (χ1v) is 4.05. The summed E-state index contributed by atoms with van der Waals surface area (Å²) in [5.41, 5.74) is 6.83. The van der Waals surface area contributed by atoms with Crippen molar-refractivity contribution < 1.29 is 0 Å². The van der Waals surface area contributed by atoms with E-state index in [-0.39, 0.29) is 5.71 Å². The fourth-order valence-electron chi connectivity index (χ4n) is 0.823. The minimum Gasteiger partial charge on any atom is -0.398 e. The van der Waals surface area contributed by atoms with Crippen LogP contribution < -0.4 is 5.73 Å². The van der Waals surface area contributed by atoms with Crippen molar-refractivity contribution >= 4 is 27.3 Å². The summed E-state index contributed by atoms with van der Waals surface area (Å²) < 4.78 is 0.867. The van der Waals surface area contributed by atoms with Crippen LogP contribution in [0.25, 0.3) is 0 Å². The molecule has 60 valence electrons. The highest BCUT2D eigenvalue weighted by molar-refractivity contribution is 9.10. The largest absolute Gasteiger partial charge is 0.398 e. The third-order valence-corrected chi connectivity index (χ3v) is 1.92. The molecule has 12 heavy (non-hydrogen) atoms. The Morgan fingerprint density at radius 1 is 1.58 bits per heavy atom. The van der Waals surface area contributed by atoms with Gasteiger partial charge in [-0.15, -0.1) is 6.42 Å². The summed E-state index contributed by atoms with van der Waals surface area (Å²) in [4.78, 5) is 0. The van der Waals surface area contributed by atoms with Gasteiger partial charge in [0.15, 0.2) is 0 Å². The predicted octanol–water partition coefficient (Wildman–Crippen LogP) is 2.03. The molecule has 0 spiro atoms. The topological polar surface area (TPSA) is 49.9 Å². The lowest BCUT2D eigenvalue weighted by Gasteiger charge is -2.02. The zero-order chi connectivity index (χ0) is 9.14. The maximum atomic E-state index is 7.38. The molecule has 0 bridgehead atoms. The fourth-order valence-corrected chi connectivity index (χ4v) is 1.18. The average Bonchev–Trinajstić information content (AvgIpc) is 2.08. The third kappa shape index (κ3) is 1.66. The van der Waals surface area contributed by atoms with Crippen LogP contribution in [-0.2, 0) is 0 Å². The van der Waals surface area contributed by atoms with Gasteiger partial charge < -0.3 is 5.73 Å². The molecule has 0 saturated heterocycles. The van der Waals surface area contributed by atoms with Crippen molar-refractivity contribution in [1.82, 2.24) is 0 Å². The maximum Gasteiger partial charge on any atom is 0.113 e. The van der Waals surface area contributed by atoms with Gasteiger partial charge in [-0.2, -0.15) is 0 Å². The van der Waals surface area contributed by atoms with Gasteiger partial charge in [-0.25, -0.2) is 0 Å². The van der Waals surface area contributed by atoms with Crippen molar-refractivity contribution in [3.63, 3.8) is 0 Å². The van der Waals surface area contributed by atoms with E-state index < -0.39 is 0 Å². The average molecular weight is 223 g/mol. The molecule has 0 aliphatic rings. The minimum atomic E-state index is 0.105. The van der Waals surface area contributed by atoms with Gasteiger partial charge in [-0.3, -0.25) is 5.41 Å². The van der Waals surface area contributed by atoms with Crippen LogP contribution in [0.15, 0.2) is 22.7 Å². The van der Waals surface area contributed by atoms with Crippen LogP contribution in [0.4, 0.5) is 5.69 Å². The molecule has 0 amide bonds. The first kappa shape index (κ1) is 8.82. The van der Waals surface area contributed by atoms with E-state index >= 15 is 0 Å². The molecule has 0 radical (unpaired) electrons. The molecular formula is C9H7BrN2. The van der Waals surface area contributed by atoms with Crippen molar-refractivity contribution in [1.29, 1.82) is 5.41 Å². The Bertz CT molecular complexity index is 363. The van der Waals surface area contributed by atoms with Crippen LogP contribution in [0.3, 0.4) is 0 Å². The summed E-state index contributed by atoms with van der Waals surface area (Å²) in [5, 5.41) is 7.38. The molecule has 0 saturated carbocycles. The second-order valence-electron chi connectivity index (χ2n) is 2.25. The van der Waals surface area contributed by atoms with Crippen molar-refractivity contribution in [3.8, 4) is 12.3 Å². The first-order chi connectivity index (χ1) is 5.65. The summed E-state index contributed by atoms with van der Waals surface area (Å²) in [6, 6.07) is 5.26. The second kappa shape index (κ2) is 3.42. The molecule has 0 atom stereocenters. The van der Waals surface area contributed by atoms with Gasteiger partial charge in [0.1, 0.15) is 5.71 Å². The Morgan fingerprint density at radius 2 is 2.25 bits per heavy atom. The molecule has 0 aromatic heterocycles. The smallest absolute Gasteiger partial charge is 0.113 e. The Hall–Kier alpha value is -1.27. The van der Waals surface area contributed by atoms with Gasteiger partial charge in [0.25, 0.3) is 0 Å². The van der Waals surface area contributed by atoms with Crippen LogP contribution in [0.2, 0.25) is 0 Å². The molecule has 2 nitrogen and oxygen atoms in total. The summed E-state index contributed by atoms with van der Waals surface area (Å²) in [5.74, 6) is 2.23. The summed E-state index contributed by atoms with van der Waals surface area (Å²) >= 11 is 3.27. The quantitative estimate of drug-likeness (QED) is 0.427. The number of terminal acetylenes is 1. The lowest BCUT2D eigenvalue weighted by molar-refractivity contribution is 1.50. The first-order valence-electron chi connectivity index (χ1n) is 3.25. The zero-order valence-electron chi connectivity index (χ0n) is 6.26. The van der Waals surface area contributed by atoms with Crippen molar-refractivity contribution in [2.45, 2.75) is 0 Å². The van der Waals surface area contributed by atoms with E-state index in [0.717, 1.165) is 4.47 Å². The Balaban J connectivity index is 3.25. The van der Waals surface area contributed by atoms with Gasteiger partial charge >= 0.3 is 0 Å². The lowest BCUT2D eigenvalue weighted by Crippen LogP contribution is -2.00. The number of hydrogen-bond acceptors (Lipinski definition) is 2. The molecule has 0 heterocycles. The summed E-state index contributed by atoms with van der Waals surface area (Å²) in [6.45, 7) is 0. The van der Waals surface area contributed by atoms with Crippen LogP contribution in [0, 0.1) is 17.8 Å². The van der Waals surface area contributed by atoms with Crippen LogP contribution in [0.1, 0.15) is 5.56 Å². The molecule has 1 aromatic carbocycles. The van der Waals surface area contributed by atoms with Gasteiger partial charge in [-0.1, -0.05) is 21.9 Å². The fraction of sp³-hybridized carbons (Fsp3) is 0. The van der Waals surface area contributed by atoms with Gasteiger partial charge in [0.05, 0.1) is 0 Å². The zero-order valence-corrected chi connectivity index (χ0v) is 7.85. The number of rotatable bonds is 1. The Labute approximate surface area is 79.4 Å². The summed E-state index contributed by atoms with van der Waals surface area (Å²) in [7, 11) is 0. The minimum absolute atomic E-state index is 0.105. The molecule has 0 fully saturated rings. The van der Waals surface area contributed by atoms with Crippen LogP contribution >= 0.6 is 15.9 Å². The monoisotopic (exact) mass is 222 g/mol. The molecule has 0 aliphatic heterocycles. The van der Waals surface area contributed by atoms with Gasteiger partial charge in [0.2, 0.25) is 0 Å². The highest BCUT2D eigenvalue weighted by Crippen LogP contribution is 2.18. The normalized spacial score (nSPS) is 9.00. The highest BCUT2D eigenvalue weighted by atomic mass is 79.9. The van der Waals surface area contributed by atoms with E-state index in [1.165, 1.54) is 0 Å². The van der Waals surface area contributed by atoms with E-state index in [1.54, 1.807) is 12.1 Å². The van der Waals surface area contributed by atoms with Crippen molar-refractivity contribution in [2.75, 3.05) is 5.73 Å². The number of hydrogen-bond donors (Lipinski definition) is 2. The molecular weight excluding hydrogens is 216 g/mol. The SMILES string of the molecule is C#CC(=N)c1cc(Br)ccc1N. The molecule has 3 N–H and O–H groups in total. The summed E-state index contributed by atoms with van der Waals surface area (Å²) in [6.07, 6.45) is 5.08. The lowest BCUT2D eigenvalue weighted by atomic mass is 10.1. The molecule has 1 rings (SSSR count). The maximum absolute atomic E-state index is 7.38. The van der Waals surface area contributed by atoms with E-state index in [4.69, 9.17) is 17.6 Å². The number of nitrogens with one attached hydrogen (secondary N) is 1. The van der Waals surface area contributed by atoms with E-state index in [0.29, 0.717) is 11.3 Å².